The second-order valence-corrected chi connectivity index (χ2v) is 21.0. The Morgan fingerprint density at radius 2 is 0.735 bits per heavy atom. The predicted molar refractivity (Wildman–Crippen MR) is 296 cm³/mol. The summed E-state index contributed by atoms with van der Waals surface area (Å²) >= 11 is 0. The van der Waals surface area contributed by atoms with E-state index in [-0.39, 0.29) is 18.5 Å². The third-order valence-corrected chi connectivity index (χ3v) is 14.3. The van der Waals surface area contributed by atoms with Crippen LogP contribution in [-0.4, -0.2) is 47.4 Å². The van der Waals surface area contributed by atoms with Gasteiger partial charge in [0.25, 0.3) is 0 Å². The average Bonchev–Trinajstić information content (AvgIpc) is 3.34. The molecule has 6 heteroatoms. The second kappa shape index (κ2) is 57.9. The van der Waals surface area contributed by atoms with Gasteiger partial charge in [0, 0.05) is 12.8 Å². The zero-order chi connectivity index (χ0) is 49.3. The van der Waals surface area contributed by atoms with Crippen molar-refractivity contribution in [3.63, 3.8) is 0 Å². The molecule has 0 saturated heterocycles. The van der Waals surface area contributed by atoms with Crippen LogP contribution in [0.3, 0.4) is 0 Å². The molecule has 0 saturated carbocycles. The Morgan fingerprint density at radius 1 is 0.412 bits per heavy atom. The fourth-order valence-corrected chi connectivity index (χ4v) is 9.60. The molecule has 0 fully saturated rings. The lowest BCUT2D eigenvalue weighted by Gasteiger charge is -2.22. The number of aliphatic hydroxyl groups is 2. The number of aliphatic hydroxyl groups excluding tert-OH is 2. The molecule has 0 aromatic carbocycles. The summed E-state index contributed by atoms with van der Waals surface area (Å²) in [5, 5.41) is 23.2. The smallest absolute Gasteiger partial charge is 0.305 e. The highest BCUT2D eigenvalue weighted by molar-refractivity contribution is 5.76. The number of carbonyl (C=O) groups excluding carboxylic acids is 2. The largest absolute Gasteiger partial charge is 0.465 e. The van der Waals surface area contributed by atoms with Gasteiger partial charge in [0.15, 0.2) is 0 Å². The SMILES string of the molecule is CCCCCCCCCCCCCCCCCCCC(=O)OCC/C=C\C/C=C\CCCCCCCCCCCCCCCCC(=O)NC(CO)C(O)CCCCCCCCCCCCCCC. The maximum atomic E-state index is 12.5. The van der Waals surface area contributed by atoms with Crippen molar-refractivity contribution in [2.24, 2.45) is 0 Å². The monoisotopic (exact) mass is 958 g/mol. The lowest BCUT2D eigenvalue weighted by atomic mass is 10.0. The molecule has 0 radical (unpaired) electrons. The van der Waals surface area contributed by atoms with E-state index in [1.165, 1.54) is 250 Å². The van der Waals surface area contributed by atoms with Gasteiger partial charge >= 0.3 is 5.97 Å². The van der Waals surface area contributed by atoms with Crippen molar-refractivity contribution < 1.29 is 24.5 Å². The third-order valence-electron chi connectivity index (χ3n) is 14.3. The number of hydrogen-bond acceptors (Lipinski definition) is 5. The fourth-order valence-electron chi connectivity index (χ4n) is 9.60. The van der Waals surface area contributed by atoms with Crippen LogP contribution in [0, 0.1) is 0 Å². The van der Waals surface area contributed by atoms with Crippen LogP contribution in [0.4, 0.5) is 0 Å². The standard InChI is InChI=1S/C62H119NO5/c1-3-5-7-9-11-13-15-17-18-24-28-32-36-40-44-48-52-56-62(67)68-57-53-49-45-41-37-33-29-26-23-21-19-20-22-25-27-31-35-39-43-47-51-55-61(66)63-59(58-64)60(65)54-50-46-42-38-34-30-16-14-12-10-8-6-4-2/h33,37,45,49,59-60,64-65H,3-32,34-36,38-44,46-48,50-58H2,1-2H3,(H,63,66)/b37-33-,49-45-. The molecule has 0 aliphatic rings. The lowest BCUT2D eigenvalue weighted by molar-refractivity contribution is -0.143. The van der Waals surface area contributed by atoms with Crippen LogP contribution in [0.25, 0.3) is 0 Å². The van der Waals surface area contributed by atoms with E-state index in [0.29, 0.717) is 25.9 Å². The first-order valence-corrected chi connectivity index (χ1v) is 30.6. The van der Waals surface area contributed by atoms with Gasteiger partial charge in [-0.3, -0.25) is 9.59 Å². The number of amides is 1. The third kappa shape index (κ3) is 53.7. The highest BCUT2D eigenvalue weighted by atomic mass is 16.5. The first-order valence-electron chi connectivity index (χ1n) is 30.6. The van der Waals surface area contributed by atoms with Crippen molar-refractivity contribution in [2.45, 2.75) is 347 Å². The van der Waals surface area contributed by atoms with Crippen LogP contribution in [0.1, 0.15) is 335 Å². The fraction of sp³-hybridized carbons (Fsp3) is 0.903. The van der Waals surface area contributed by atoms with E-state index in [0.717, 1.165) is 51.4 Å². The molecular weight excluding hydrogens is 839 g/mol. The molecule has 2 unspecified atom stereocenters. The van der Waals surface area contributed by atoms with Crippen molar-refractivity contribution in [3.8, 4) is 0 Å². The summed E-state index contributed by atoms with van der Waals surface area (Å²) in [6.07, 6.45) is 70.6. The Hall–Kier alpha value is -1.66. The maximum Gasteiger partial charge on any atom is 0.305 e. The summed E-state index contributed by atoms with van der Waals surface area (Å²) in [6.45, 7) is 4.86. The van der Waals surface area contributed by atoms with Gasteiger partial charge in [-0.2, -0.15) is 0 Å². The van der Waals surface area contributed by atoms with E-state index in [1.807, 2.05) is 0 Å². The molecule has 6 nitrogen and oxygen atoms in total. The van der Waals surface area contributed by atoms with Crippen LogP contribution in [-0.2, 0) is 14.3 Å². The molecule has 0 heterocycles. The first-order chi connectivity index (χ1) is 33.5. The molecule has 0 aliphatic carbocycles. The van der Waals surface area contributed by atoms with Crippen LogP contribution in [0.15, 0.2) is 24.3 Å². The second-order valence-electron chi connectivity index (χ2n) is 21.0. The summed E-state index contributed by atoms with van der Waals surface area (Å²) in [4.78, 5) is 24.5. The Balaban J connectivity index is 3.43. The molecule has 0 aromatic heterocycles. The maximum absolute atomic E-state index is 12.5. The lowest BCUT2D eigenvalue weighted by Crippen LogP contribution is -2.45. The number of unbranched alkanes of at least 4 members (excludes halogenated alkanes) is 42. The molecule has 402 valence electrons. The van der Waals surface area contributed by atoms with Crippen LogP contribution in [0.5, 0.6) is 0 Å². The topological polar surface area (TPSA) is 95.9 Å². The number of nitrogens with one attached hydrogen (secondary N) is 1. The van der Waals surface area contributed by atoms with Crippen molar-refractivity contribution in [1.29, 1.82) is 0 Å². The molecule has 0 spiro atoms. The summed E-state index contributed by atoms with van der Waals surface area (Å²) in [5.74, 6) is -0.0696. The molecule has 2 atom stereocenters. The molecule has 1 amide bonds. The summed E-state index contributed by atoms with van der Waals surface area (Å²) in [7, 11) is 0. The Bertz CT molecular complexity index is 1060. The van der Waals surface area contributed by atoms with Crippen molar-refractivity contribution >= 4 is 11.9 Å². The molecule has 68 heavy (non-hydrogen) atoms. The molecule has 3 N–H and O–H groups in total. The van der Waals surface area contributed by atoms with Crippen LogP contribution in [0.2, 0.25) is 0 Å². The van der Waals surface area contributed by atoms with E-state index in [9.17, 15) is 19.8 Å². The average molecular weight is 959 g/mol. The van der Waals surface area contributed by atoms with E-state index >= 15 is 0 Å². The van der Waals surface area contributed by atoms with Gasteiger partial charge in [-0.15, -0.1) is 0 Å². The zero-order valence-corrected chi connectivity index (χ0v) is 45.9. The first kappa shape index (κ1) is 66.3. The molecule has 0 rings (SSSR count). The van der Waals surface area contributed by atoms with Gasteiger partial charge in [-0.25, -0.2) is 0 Å². The normalized spacial score (nSPS) is 12.7. The van der Waals surface area contributed by atoms with Gasteiger partial charge in [-0.05, 0) is 44.9 Å². The Labute approximate surface area is 424 Å². The minimum Gasteiger partial charge on any atom is -0.465 e. The van der Waals surface area contributed by atoms with E-state index in [1.54, 1.807) is 0 Å². The Morgan fingerprint density at radius 3 is 1.12 bits per heavy atom. The molecular formula is C62H119NO5. The van der Waals surface area contributed by atoms with Gasteiger partial charge < -0.3 is 20.3 Å². The molecule has 0 aliphatic heterocycles. The van der Waals surface area contributed by atoms with E-state index < -0.39 is 12.1 Å². The minimum atomic E-state index is -0.667. The van der Waals surface area contributed by atoms with Gasteiger partial charge in [-0.1, -0.05) is 301 Å². The molecule has 0 bridgehead atoms. The quantitative estimate of drug-likeness (QED) is 0.0321. The number of carbonyl (C=O) groups is 2. The summed E-state index contributed by atoms with van der Waals surface area (Å²) in [5.41, 5.74) is 0. The number of allylic oxidation sites excluding steroid dienone is 3. The summed E-state index contributed by atoms with van der Waals surface area (Å²) in [6, 6.07) is -0.544. The van der Waals surface area contributed by atoms with Crippen molar-refractivity contribution in [1.82, 2.24) is 5.32 Å². The van der Waals surface area contributed by atoms with Gasteiger partial charge in [0.1, 0.15) is 0 Å². The van der Waals surface area contributed by atoms with Crippen LogP contribution >= 0.6 is 0 Å². The highest BCUT2D eigenvalue weighted by Gasteiger charge is 2.20. The number of hydrogen-bond donors (Lipinski definition) is 3. The number of ether oxygens (including phenoxy) is 1. The zero-order valence-electron chi connectivity index (χ0n) is 45.9. The van der Waals surface area contributed by atoms with E-state index in [2.05, 4.69) is 43.5 Å². The van der Waals surface area contributed by atoms with Crippen molar-refractivity contribution in [2.75, 3.05) is 13.2 Å². The predicted octanol–water partition coefficient (Wildman–Crippen LogP) is 19.0. The van der Waals surface area contributed by atoms with Gasteiger partial charge in [0.2, 0.25) is 5.91 Å². The highest BCUT2D eigenvalue weighted by Crippen LogP contribution is 2.18. The van der Waals surface area contributed by atoms with Crippen LogP contribution < -0.4 is 5.32 Å². The van der Waals surface area contributed by atoms with E-state index in [4.69, 9.17) is 4.74 Å². The summed E-state index contributed by atoms with van der Waals surface area (Å²) < 4.78 is 5.43. The van der Waals surface area contributed by atoms with Crippen molar-refractivity contribution in [3.05, 3.63) is 24.3 Å². The van der Waals surface area contributed by atoms with Gasteiger partial charge in [0.05, 0.1) is 25.4 Å². The number of rotatable bonds is 57. The number of esters is 1. The Kier molecular flexibility index (Phi) is 56.5. The molecule has 0 aromatic rings. The minimum absolute atomic E-state index is 0.0309.